The van der Waals surface area contributed by atoms with Crippen LogP contribution in [0.2, 0.25) is 0 Å². The van der Waals surface area contributed by atoms with E-state index < -0.39 is 0 Å². The zero-order valence-electron chi connectivity index (χ0n) is 11.2. The van der Waals surface area contributed by atoms with E-state index in [9.17, 15) is 4.79 Å². The topological polar surface area (TPSA) is 56.2 Å². The predicted octanol–water partition coefficient (Wildman–Crippen LogP) is 2.36. The van der Waals surface area contributed by atoms with Crippen molar-refractivity contribution in [2.75, 3.05) is 11.9 Å². The lowest BCUT2D eigenvalue weighted by atomic mass is 10.1. The molecule has 5 heteroatoms. The number of nitrogens with zero attached hydrogens (tertiary/aromatic N) is 2. The van der Waals surface area contributed by atoms with Gasteiger partial charge in [0.1, 0.15) is 0 Å². The SMILES string of the molecule is C=CCCC(=O)Nc1cnn(CC2CCCCO2)c1. The Balaban J connectivity index is 1.80. The van der Waals surface area contributed by atoms with Crippen molar-refractivity contribution in [2.24, 2.45) is 0 Å². The molecule has 1 amide bonds. The zero-order valence-corrected chi connectivity index (χ0v) is 11.2. The summed E-state index contributed by atoms with van der Waals surface area (Å²) in [5.74, 6) is -0.00614. The van der Waals surface area contributed by atoms with Crippen LogP contribution < -0.4 is 5.32 Å². The van der Waals surface area contributed by atoms with Gasteiger partial charge >= 0.3 is 0 Å². The Hall–Kier alpha value is -1.62. The van der Waals surface area contributed by atoms with Crippen LogP contribution in [0.5, 0.6) is 0 Å². The number of nitrogens with one attached hydrogen (secondary N) is 1. The molecule has 19 heavy (non-hydrogen) atoms. The highest BCUT2D eigenvalue weighted by Gasteiger charge is 2.15. The van der Waals surface area contributed by atoms with Crippen molar-refractivity contribution in [2.45, 2.75) is 44.8 Å². The smallest absolute Gasteiger partial charge is 0.224 e. The molecular formula is C14H21N3O2. The van der Waals surface area contributed by atoms with E-state index in [1.807, 2.05) is 10.9 Å². The maximum absolute atomic E-state index is 11.5. The van der Waals surface area contributed by atoms with Crippen molar-refractivity contribution >= 4 is 11.6 Å². The molecule has 2 rings (SSSR count). The van der Waals surface area contributed by atoms with Crippen molar-refractivity contribution in [3.05, 3.63) is 25.0 Å². The first-order chi connectivity index (χ1) is 9.28. The van der Waals surface area contributed by atoms with Crippen molar-refractivity contribution in [1.29, 1.82) is 0 Å². The first-order valence-electron chi connectivity index (χ1n) is 6.83. The Morgan fingerprint density at radius 1 is 1.63 bits per heavy atom. The summed E-state index contributed by atoms with van der Waals surface area (Å²) in [6.07, 6.45) is 10.1. The summed E-state index contributed by atoms with van der Waals surface area (Å²) in [5, 5.41) is 7.07. The molecule has 1 aliphatic heterocycles. The van der Waals surface area contributed by atoms with Gasteiger partial charge in [-0.15, -0.1) is 6.58 Å². The molecule has 1 atom stereocenters. The van der Waals surface area contributed by atoms with Crippen LogP contribution in [0, 0.1) is 0 Å². The molecule has 0 aromatic carbocycles. The predicted molar refractivity (Wildman–Crippen MR) is 73.9 cm³/mol. The van der Waals surface area contributed by atoms with E-state index >= 15 is 0 Å². The second-order valence-electron chi connectivity index (χ2n) is 4.82. The fourth-order valence-electron chi connectivity index (χ4n) is 2.14. The van der Waals surface area contributed by atoms with Gasteiger partial charge in [0.2, 0.25) is 5.91 Å². The highest BCUT2D eigenvalue weighted by Crippen LogP contribution is 2.15. The molecule has 0 aliphatic carbocycles. The number of anilines is 1. The van der Waals surface area contributed by atoms with Crippen LogP contribution in [0.4, 0.5) is 5.69 Å². The fourth-order valence-corrected chi connectivity index (χ4v) is 2.14. The molecule has 1 N–H and O–H groups in total. The Kier molecular flexibility index (Phi) is 5.15. The first kappa shape index (κ1) is 13.8. The Bertz CT molecular complexity index is 422. The van der Waals surface area contributed by atoms with Crippen LogP contribution in [0.15, 0.2) is 25.0 Å². The molecule has 1 fully saturated rings. The number of rotatable bonds is 6. The van der Waals surface area contributed by atoms with E-state index in [-0.39, 0.29) is 12.0 Å². The summed E-state index contributed by atoms with van der Waals surface area (Å²) >= 11 is 0. The minimum Gasteiger partial charge on any atom is -0.376 e. The minimum absolute atomic E-state index is 0.00614. The third kappa shape index (κ3) is 4.52. The molecule has 2 heterocycles. The molecule has 5 nitrogen and oxygen atoms in total. The molecule has 1 saturated heterocycles. The van der Waals surface area contributed by atoms with E-state index in [2.05, 4.69) is 17.0 Å². The molecule has 1 aromatic heterocycles. The molecule has 1 aliphatic rings. The average Bonchev–Trinajstić information content (AvgIpc) is 2.85. The van der Waals surface area contributed by atoms with E-state index in [1.165, 1.54) is 6.42 Å². The lowest BCUT2D eigenvalue weighted by Crippen LogP contribution is -2.24. The van der Waals surface area contributed by atoms with Gasteiger partial charge in [0, 0.05) is 19.2 Å². The second-order valence-corrected chi connectivity index (χ2v) is 4.82. The largest absolute Gasteiger partial charge is 0.376 e. The normalized spacial score (nSPS) is 19.1. The van der Waals surface area contributed by atoms with Crippen molar-refractivity contribution < 1.29 is 9.53 Å². The van der Waals surface area contributed by atoms with Crippen LogP contribution in [-0.4, -0.2) is 28.4 Å². The molecule has 0 saturated carbocycles. The zero-order chi connectivity index (χ0) is 13.5. The third-order valence-electron chi connectivity index (χ3n) is 3.16. The summed E-state index contributed by atoms with van der Waals surface area (Å²) < 4.78 is 7.50. The van der Waals surface area contributed by atoms with Crippen LogP contribution in [0.1, 0.15) is 32.1 Å². The maximum atomic E-state index is 11.5. The highest BCUT2D eigenvalue weighted by atomic mass is 16.5. The fraction of sp³-hybridized carbons (Fsp3) is 0.571. The Morgan fingerprint density at radius 2 is 2.53 bits per heavy atom. The maximum Gasteiger partial charge on any atom is 0.224 e. The van der Waals surface area contributed by atoms with E-state index in [1.54, 1.807) is 12.3 Å². The first-order valence-corrected chi connectivity index (χ1v) is 6.83. The van der Waals surface area contributed by atoms with Gasteiger partial charge in [0.05, 0.1) is 24.5 Å². The molecule has 0 bridgehead atoms. The molecule has 104 valence electrons. The number of ether oxygens (including phenoxy) is 1. The van der Waals surface area contributed by atoms with E-state index in [0.29, 0.717) is 12.8 Å². The molecule has 0 spiro atoms. The van der Waals surface area contributed by atoms with Gasteiger partial charge in [-0.2, -0.15) is 5.10 Å². The Labute approximate surface area is 113 Å². The van der Waals surface area contributed by atoms with Crippen LogP contribution in [-0.2, 0) is 16.1 Å². The van der Waals surface area contributed by atoms with Crippen molar-refractivity contribution in [3.8, 4) is 0 Å². The highest BCUT2D eigenvalue weighted by molar-refractivity contribution is 5.90. The molecule has 0 radical (unpaired) electrons. The van der Waals surface area contributed by atoms with Gasteiger partial charge in [0.15, 0.2) is 0 Å². The molecule has 1 aromatic rings. The molecular weight excluding hydrogens is 242 g/mol. The molecule has 1 unspecified atom stereocenters. The van der Waals surface area contributed by atoms with Gasteiger partial charge in [-0.05, 0) is 25.7 Å². The quantitative estimate of drug-likeness (QED) is 0.802. The Morgan fingerprint density at radius 3 is 3.26 bits per heavy atom. The van der Waals surface area contributed by atoms with Gasteiger partial charge in [-0.1, -0.05) is 6.08 Å². The number of hydrogen-bond donors (Lipinski definition) is 1. The summed E-state index contributed by atoms with van der Waals surface area (Å²) in [5.41, 5.74) is 0.741. The number of allylic oxidation sites excluding steroid dienone is 1. The number of amides is 1. The van der Waals surface area contributed by atoms with Gasteiger partial charge in [0.25, 0.3) is 0 Å². The number of carbonyl (C=O) groups excluding carboxylic acids is 1. The van der Waals surface area contributed by atoms with Crippen LogP contribution >= 0.6 is 0 Å². The van der Waals surface area contributed by atoms with Crippen molar-refractivity contribution in [3.63, 3.8) is 0 Å². The number of carbonyl (C=O) groups is 1. The average molecular weight is 263 g/mol. The van der Waals surface area contributed by atoms with Crippen LogP contribution in [0.25, 0.3) is 0 Å². The van der Waals surface area contributed by atoms with Crippen LogP contribution in [0.3, 0.4) is 0 Å². The summed E-state index contributed by atoms with van der Waals surface area (Å²) in [6, 6.07) is 0. The third-order valence-corrected chi connectivity index (χ3v) is 3.16. The number of hydrogen-bond acceptors (Lipinski definition) is 3. The number of aromatic nitrogens is 2. The van der Waals surface area contributed by atoms with Gasteiger partial charge < -0.3 is 10.1 Å². The van der Waals surface area contributed by atoms with Crippen molar-refractivity contribution in [1.82, 2.24) is 9.78 Å². The second kappa shape index (κ2) is 7.09. The monoisotopic (exact) mass is 263 g/mol. The van der Waals surface area contributed by atoms with Gasteiger partial charge in [-0.3, -0.25) is 9.48 Å². The standard InChI is InChI=1S/C14H21N3O2/c1-2-3-7-14(18)16-12-9-15-17(10-12)11-13-6-4-5-8-19-13/h2,9-10,13H,1,3-8,11H2,(H,16,18). The lowest BCUT2D eigenvalue weighted by molar-refractivity contribution is -0.116. The minimum atomic E-state index is -0.00614. The lowest BCUT2D eigenvalue weighted by Gasteiger charge is -2.22. The summed E-state index contributed by atoms with van der Waals surface area (Å²) in [6.45, 7) is 5.20. The summed E-state index contributed by atoms with van der Waals surface area (Å²) in [7, 11) is 0. The summed E-state index contributed by atoms with van der Waals surface area (Å²) in [4.78, 5) is 11.5. The van der Waals surface area contributed by atoms with E-state index in [0.717, 1.165) is 31.7 Å². The van der Waals surface area contributed by atoms with E-state index in [4.69, 9.17) is 4.74 Å². The van der Waals surface area contributed by atoms with Gasteiger partial charge in [-0.25, -0.2) is 0 Å².